The first-order valence-corrected chi connectivity index (χ1v) is 14.4. The molecule has 1 aliphatic rings. The van der Waals surface area contributed by atoms with Gasteiger partial charge in [0.25, 0.3) is 0 Å². The highest BCUT2D eigenvalue weighted by Gasteiger charge is 2.37. The molecule has 1 aliphatic heterocycles. The van der Waals surface area contributed by atoms with Gasteiger partial charge in [-0.25, -0.2) is 0 Å². The van der Waals surface area contributed by atoms with Crippen molar-refractivity contribution >= 4 is 19.7 Å². The van der Waals surface area contributed by atoms with Gasteiger partial charge in [-0.3, -0.25) is 4.79 Å². The first-order valence-electron chi connectivity index (χ1n) is 11.5. The van der Waals surface area contributed by atoms with Crippen LogP contribution in [-0.2, 0) is 9.22 Å². The van der Waals surface area contributed by atoms with Crippen LogP contribution in [0, 0.1) is 0 Å². The molecule has 0 spiro atoms. The highest BCUT2D eigenvalue weighted by atomic mass is 28.4. The highest BCUT2D eigenvalue weighted by molar-refractivity contribution is 6.74. The second kappa shape index (κ2) is 10.0. The summed E-state index contributed by atoms with van der Waals surface area (Å²) in [7, 11) is -0.108. The second-order valence-electron chi connectivity index (χ2n) is 10.0. The number of hydrogen-bond donors (Lipinski definition) is 0. The van der Waals surface area contributed by atoms with Crippen LogP contribution in [0.1, 0.15) is 50.8 Å². The van der Waals surface area contributed by atoms with Crippen molar-refractivity contribution in [3.63, 3.8) is 0 Å². The summed E-state index contributed by atoms with van der Waals surface area (Å²) in [6, 6.07) is 18.1. The molecule has 32 heavy (non-hydrogen) atoms. The molecule has 4 nitrogen and oxygen atoms in total. The van der Waals surface area contributed by atoms with Crippen LogP contribution in [0.3, 0.4) is 0 Å². The summed E-state index contributed by atoms with van der Waals surface area (Å²) in [5.41, 5.74) is 2.88. The van der Waals surface area contributed by atoms with Crippen molar-refractivity contribution in [1.29, 1.82) is 0 Å². The highest BCUT2D eigenvalue weighted by Crippen LogP contribution is 2.37. The van der Waals surface area contributed by atoms with Gasteiger partial charge in [-0.2, -0.15) is 0 Å². The normalized spacial score (nSPS) is 17.3. The first-order chi connectivity index (χ1) is 15.1. The topological polar surface area (TPSA) is 38.8 Å². The number of carbonyl (C=O) groups is 1. The van der Waals surface area contributed by atoms with Crippen molar-refractivity contribution < 1.29 is 14.0 Å². The minimum absolute atomic E-state index is 0.0542. The van der Waals surface area contributed by atoms with Crippen LogP contribution in [0.25, 0.3) is 5.57 Å². The molecular weight excluding hydrogens is 414 g/mol. The molecule has 0 aromatic heterocycles. The molecule has 3 rings (SSSR count). The second-order valence-corrected chi connectivity index (χ2v) is 14.8. The molecule has 0 saturated carbocycles. The molecule has 0 radical (unpaired) electrons. The van der Waals surface area contributed by atoms with Crippen LogP contribution in [0.2, 0.25) is 18.1 Å². The van der Waals surface area contributed by atoms with Crippen molar-refractivity contribution in [2.75, 3.05) is 20.3 Å². The third kappa shape index (κ3) is 5.70. The van der Waals surface area contributed by atoms with E-state index < -0.39 is 8.32 Å². The Hall–Kier alpha value is -2.37. The fourth-order valence-electron chi connectivity index (χ4n) is 3.73. The van der Waals surface area contributed by atoms with Crippen LogP contribution >= 0.6 is 0 Å². The maximum Gasteiger partial charge on any atom is 0.191 e. The SMILES string of the molecule is COc1ccc(C2=CN(CCCO[Si](C)(C)C(C)(C)C)C(c3ccccc3)CC2=O)cc1. The predicted octanol–water partition coefficient (Wildman–Crippen LogP) is 6.46. The summed E-state index contributed by atoms with van der Waals surface area (Å²) in [5, 5.41) is 0.207. The molecule has 1 heterocycles. The number of carbonyl (C=O) groups excluding carboxylic acids is 1. The van der Waals surface area contributed by atoms with Crippen LogP contribution in [0.4, 0.5) is 0 Å². The predicted molar refractivity (Wildman–Crippen MR) is 134 cm³/mol. The van der Waals surface area contributed by atoms with Crippen LogP contribution < -0.4 is 4.74 Å². The Kier molecular flexibility index (Phi) is 7.62. The van der Waals surface area contributed by atoms with Gasteiger partial charge in [0.05, 0.1) is 13.2 Å². The number of ketones is 1. The number of allylic oxidation sites excluding steroid dienone is 1. The summed E-state index contributed by atoms with van der Waals surface area (Å²) in [6.45, 7) is 13.0. The average molecular weight is 452 g/mol. The van der Waals surface area contributed by atoms with Crippen molar-refractivity contribution in [3.8, 4) is 5.75 Å². The third-order valence-corrected chi connectivity index (χ3v) is 11.3. The van der Waals surface area contributed by atoms with E-state index in [1.165, 1.54) is 5.56 Å². The van der Waals surface area contributed by atoms with E-state index in [4.69, 9.17) is 9.16 Å². The van der Waals surface area contributed by atoms with E-state index in [1.807, 2.05) is 42.5 Å². The van der Waals surface area contributed by atoms with E-state index in [0.29, 0.717) is 6.42 Å². The van der Waals surface area contributed by atoms with Gasteiger partial charge < -0.3 is 14.1 Å². The molecule has 0 N–H and O–H groups in total. The lowest BCUT2D eigenvalue weighted by Gasteiger charge is -2.37. The molecule has 0 aliphatic carbocycles. The van der Waals surface area contributed by atoms with E-state index in [-0.39, 0.29) is 16.9 Å². The first kappa shape index (κ1) is 24.3. The van der Waals surface area contributed by atoms with E-state index >= 15 is 0 Å². The molecule has 1 unspecified atom stereocenters. The molecule has 0 saturated heterocycles. The minimum Gasteiger partial charge on any atom is -0.497 e. The molecule has 0 fully saturated rings. The fraction of sp³-hybridized carbons (Fsp3) is 0.444. The van der Waals surface area contributed by atoms with Crippen LogP contribution in [0.5, 0.6) is 5.75 Å². The van der Waals surface area contributed by atoms with Crippen LogP contribution in [-0.4, -0.2) is 39.3 Å². The van der Waals surface area contributed by atoms with E-state index in [2.05, 4.69) is 57.1 Å². The Labute approximate surface area is 194 Å². The number of Topliss-reactive ketones (excluding diaryl/α,β-unsaturated/α-hetero) is 1. The van der Waals surface area contributed by atoms with Gasteiger partial charge in [-0.1, -0.05) is 63.2 Å². The standard InChI is InChI=1S/C27H37NO3Si/c1-27(2,3)32(5,6)31-18-10-17-28-20-24(21-13-15-23(30-4)16-14-21)26(29)19-25(28)22-11-8-7-9-12-22/h7-9,11-16,20,25H,10,17-19H2,1-6H3. The summed E-state index contributed by atoms with van der Waals surface area (Å²) in [4.78, 5) is 15.4. The van der Waals surface area contributed by atoms with Gasteiger partial charge in [-0.05, 0) is 47.8 Å². The van der Waals surface area contributed by atoms with Gasteiger partial charge in [0.1, 0.15) is 5.75 Å². The number of benzene rings is 2. The fourth-order valence-corrected chi connectivity index (χ4v) is 4.82. The maximum absolute atomic E-state index is 13.1. The molecule has 2 aromatic rings. The van der Waals surface area contributed by atoms with E-state index in [1.54, 1.807) is 7.11 Å². The molecule has 1 atom stereocenters. The summed E-state index contributed by atoms with van der Waals surface area (Å²) in [5.74, 6) is 0.970. The summed E-state index contributed by atoms with van der Waals surface area (Å²) in [6.07, 6.45) is 3.46. The molecule has 0 bridgehead atoms. The molecule has 0 amide bonds. The van der Waals surface area contributed by atoms with Crippen molar-refractivity contribution in [3.05, 3.63) is 71.9 Å². The Bertz CT molecular complexity index is 930. The van der Waals surface area contributed by atoms with Crippen molar-refractivity contribution in [2.45, 2.75) is 57.8 Å². The number of rotatable bonds is 8. The number of ether oxygens (including phenoxy) is 1. The smallest absolute Gasteiger partial charge is 0.191 e. The van der Waals surface area contributed by atoms with E-state index in [9.17, 15) is 4.79 Å². The average Bonchev–Trinajstić information content (AvgIpc) is 2.77. The van der Waals surface area contributed by atoms with Gasteiger partial charge in [0, 0.05) is 31.3 Å². The largest absolute Gasteiger partial charge is 0.497 e. The van der Waals surface area contributed by atoms with Gasteiger partial charge in [0.15, 0.2) is 14.1 Å². The zero-order chi connectivity index (χ0) is 23.4. The third-order valence-electron chi connectivity index (χ3n) is 6.79. The van der Waals surface area contributed by atoms with Gasteiger partial charge in [0.2, 0.25) is 0 Å². The summed E-state index contributed by atoms with van der Waals surface area (Å²) < 4.78 is 11.7. The lowest BCUT2D eigenvalue weighted by atomic mass is 9.90. The number of methoxy groups -OCH3 is 1. The maximum atomic E-state index is 13.1. The van der Waals surface area contributed by atoms with Gasteiger partial charge in [-0.15, -0.1) is 0 Å². The molecular formula is C27H37NO3Si. The van der Waals surface area contributed by atoms with Crippen molar-refractivity contribution in [2.24, 2.45) is 0 Å². The Balaban J connectivity index is 1.79. The van der Waals surface area contributed by atoms with Gasteiger partial charge >= 0.3 is 0 Å². The quantitative estimate of drug-likeness (QED) is 0.341. The molecule has 2 aromatic carbocycles. The Morgan fingerprint density at radius 3 is 2.28 bits per heavy atom. The number of hydrogen-bond acceptors (Lipinski definition) is 4. The Morgan fingerprint density at radius 1 is 1.03 bits per heavy atom. The zero-order valence-electron chi connectivity index (χ0n) is 20.4. The van der Waals surface area contributed by atoms with Crippen molar-refractivity contribution in [1.82, 2.24) is 4.90 Å². The lowest BCUT2D eigenvalue weighted by Crippen LogP contribution is -2.41. The lowest BCUT2D eigenvalue weighted by molar-refractivity contribution is -0.115. The monoisotopic (exact) mass is 451 g/mol. The number of nitrogens with zero attached hydrogens (tertiary/aromatic N) is 1. The van der Waals surface area contributed by atoms with Crippen LogP contribution in [0.15, 0.2) is 60.8 Å². The zero-order valence-corrected chi connectivity index (χ0v) is 21.4. The molecule has 5 heteroatoms. The van der Waals surface area contributed by atoms with E-state index in [0.717, 1.165) is 36.5 Å². The molecule has 172 valence electrons. The minimum atomic E-state index is -1.76. The Morgan fingerprint density at radius 2 is 1.69 bits per heavy atom. The summed E-state index contributed by atoms with van der Waals surface area (Å²) >= 11 is 0.